The van der Waals surface area contributed by atoms with Gasteiger partial charge < -0.3 is 9.13 Å². The van der Waals surface area contributed by atoms with Gasteiger partial charge in [-0.25, -0.2) is 4.98 Å². The molecule has 0 atom stereocenters. The number of aryl methyl sites for hydroxylation is 2. The molecule has 0 saturated carbocycles. The van der Waals surface area contributed by atoms with Crippen LogP contribution in [0.2, 0.25) is 0 Å². The van der Waals surface area contributed by atoms with Gasteiger partial charge in [0.25, 0.3) is 5.91 Å². The van der Waals surface area contributed by atoms with Crippen molar-refractivity contribution in [2.45, 2.75) is 5.16 Å². The molecule has 2 aromatic rings. The maximum absolute atomic E-state index is 11.8. The van der Waals surface area contributed by atoms with Gasteiger partial charge in [-0.05, 0) is 12.1 Å². The predicted molar refractivity (Wildman–Crippen MR) is 71.8 cm³/mol. The van der Waals surface area contributed by atoms with Crippen molar-refractivity contribution in [3.05, 3.63) is 36.4 Å². The summed E-state index contributed by atoms with van der Waals surface area (Å²) < 4.78 is 3.48. The summed E-state index contributed by atoms with van der Waals surface area (Å²) in [5.74, 6) is -0.571. The van der Waals surface area contributed by atoms with Gasteiger partial charge in [0, 0.05) is 32.7 Å². The number of imide groups is 1. The number of carbonyl (C=O) groups is 2. The third-order valence-corrected chi connectivity index (χ3v) is 3.60. The van der Waals surface area contributed by atoms with E-state index in [9.17, 15) is 9.59 Å². The standard InChI is InChI=1S/C12H14N4O2S/c1-15-6-3-4-9(15)11(18)14-10(17)8-19-12-13-5-7-16(12)2/h3-7H,8H2,1-2H3,(H,14,17,18). The lowest BCUT2D eigenvalue weighted by atomic mass is 10.4. The molecule has 0 bridgehead atoms. The van der Waals surface area contributed by atoms with E-state index < -0.39 is 5.91 Å². The fraction of sp³-hybridized carbons (Fsp3) is 0.250. The van der Waals surface area contributed by atoms with Gasteiger partial charge in [-0.1, -0.05) is 11.8 Å². The largest absolute Gasteiger partial charge is 0.347 e. The smallest absolute Gasteiger partial charge is 0.274 e. The van der Waals surface area contributed by atoms with Gasteiger partial charge >= 0.3 is 0 Å². The van der Waals surface area contributed by atoms with Crippen LogP contribution in [-0.4, -0.2) is 31.7 Å². The first-order chi connectivity index (χ1) is 9.08. The summed E-state index contributed by atoms with van der Waals surface area (Å²) in [5, 5.41) is 3.09. The lowest BCUT2D eigenvalue weighted by molar-refractivity contribution is -0.117. The fourth-order valence-electron chi connectivity index (χ4n) is 1.54. The maximum Gasteiger partial charge on any atom is 0.274 e. The van der Waals surface area contributed by atoms with E-state index in [1.54, 1.807) is 42.3 Å². The molecule has 0 unspecified atom stereocenters. The molecule has 0 aromatic carbocycles. The van der Waals surface area contributed by atoms with Gasteiger partial charge in [0.1, 0.15) is 5.69 Å². The molecule has 2 aromatic heterocycles. The highest BCUT2D eigenvalue weighted by Gasteiger charge is 2.13. The highest BCUT2D eigenvalue weighted by molar-refractivity contribution is 7.99. The second-order valence-corrected chi connectivity index (χ2v) is 4.93. The molecular weight excluding hydrogens is 264 g/mol. The summed E-state index contributed by atoms with van der Waals surface area (Å²) >= 11 is 1.29. The third kappa shape index (κ3) is 3.25. The van der Waals surface area contributed by atoms with Crippen molar-refractivity contribution >= 4 is 23.6 Å². The lowest BCUT2D eigenvalue weighted by Gasteiger charge is -2.05. The van der Waals surface area contributed by atoms with Crippen molar-refractivity contribution in [1.82, 2.24) is 19.4 Å². The first-order valence-corrected chi connectivity index (χ1v) is 6.62. The average molecular weight is 278 g/mol. The molecule has 6 nitrogen and oxygen atoms in total. The van der Waals surface area contributed by atoms with Crippen LogP contribution in [0.3, 0.4) is 0 Å². The number of nitrogens with one attached hydrogen (secondary N) is 1. The second-order valence-electron chi connectivity index (χ2n) is 3.99. The van der Waals surface area contributed by atoms with Crippen LogP contribution in [0.4, 0.5) is 0 Å². The summed E-state index contributed by atoms with van der Waals surface area (Å²) in [6.45, 7) is 0. The van der Waals surface area contributed by atoms with E-state index in [-0.39, 0.29) is 11.7 Å². The Morgan fingerprint density at radius 2 is 2.11 bits per heavy atom. The van der Waals surface area contributed by atoms with Crippen LogP contribution in [-0.2, 0) is 18.9 Å². The van der Waals surface area contributed by atoms with Crippen LogP contribution in [0.15, 0.2) is 35.9 Å². The summed E-state index contributed by atoms with van der Waals surface area (Å²) in [6, 6.07) is 3.41. The van der Waals surface area contributed by atoms with Crippen LogP contribution >= 0.6 is 11.8 Å². The molecule has 0 aliphatic carbocycles. The molecule has 2 heterocycles. The molecule has 0 aliphatic rings. The van der Waals surface area contributed by atoms with Crippen molar-refractivity contribution < 1.29 is 9.59 Å². The summed E-state index contributed by atoms with van der Waals surface area (Å²) in [5.41, 5.74) is 0.454. The monoisotopic (exact) mass is 278 g/mol. The molecule has 2 rings (SSSR count). The van der Waals surface area contributed by atoms with E-state index in [0.717, 1.165) is 5.16 Å². The summed E-state index contributed by atoms with van der Waals surface area (Å²) in [7, 11) is 3.60. The number of imidazole rings is 1. The van der Waals surface area contributed by atoms with Gasteiger partial charge in [-0.2, -0.15) is 0 Å². The Kier molecular flexibility index (Phi) is 4.06. The number of rotatable bonds is 4. The minimum absolute atomic E-state index is 0.154. The highest BCUT2D eigenvalue weighted by Crippen LogP contribution is 2.13. The van der Waals surface area contributed by atoms with Crippen LogP contribution < -0.4 is 5.32 Å². The Balaban J connectivity index is 1.87. The topological polar surface area (TPSA) is 68.9 Å². The number of nitrogens with zero attached hydrogens (tertiary/aromatic N) is 3. The van der Waals surface area contributed by atoms with Gasteiger partial charge in [-0.3, -0.25) is 14.9 Å². The van der Waals surface area contributed by atoms with E-state index in [1.807, 2.05) is 11.6 Å². The van der Waals surface area contributed by atoms with Crippen LogP contribution in [0.1, 0.15) is 10.5 Å². The zero-order valence-corrected chi connectivity index (χ0v) is 11.5. The number of aromatic nitrogens is 3. The van der Waals surface area contributed by atoms with E-state index in [0.29, 0.717) is 5.69 Å². The zero-order valence-electron chi connectivity index (χ0n) is 10.7. The first kappa shape index (κ1) is 13.4. The van der Waals surface area contributed by atoms with E-state index >= 15 is 0 Å². The third-order valence-electron chi connectivity index (χ3n) is 2.54. The quantitative estimate of drug-likeness (QED) is 0.840. The molecular formula is C12H14N4O2S. The van der Waals surface area contributed by atoms with Crippen LogP contribution in [0.25, 0.3) is 0 Å². The molecule has 0 radical (unpaired) electrons. The molecule has 0 aliphatic heterocycles. The lowest BCUT2D eigenvalue weighted by Crippen LogP contribution is -2.33. The van der Waals surface area contributed by atoms with Gasteiger partial charge in [0.15, 0.2) is 5.16 Å². The molecule has 1 N–H and O–H groups in total. The average Bonchev–Trinajstić information content (AvgIpc) is 2.95. The SMILES string of the molecule is Cn1cccc1C(=O)NC(=O)CSc1nccn1C. The van der Waals surface area contributed by atoms with Gasteiger partial charge in [0.05, 0.1) is 5.75 Å². The van der Waals surface area contributed by atoms with Crippen molar-refractivity contribution in [3.63, 3.8) is 0 Å². The summed E-state index contributed by atoms with van der Waals surface area (Å²) in [4.78, 5) is 27.5. The molecule has 19 heavy (non-hydrogen) atoms. The van der Waals surface area contributed by atoms with E-state index in [2.05, 4.69) is 10.3 Å². The van der Waals surface area contributed by atoms with E-state index in [4.69, 9.17) is 0 Å². The normalized spacial score (nSPS) is 10.4. The number of carbonyl (C=O) groups excluding carboxylic acids is 2. The highest BCUT2D eigenvalue weighted by atomic mass is 32.2. The Labute approximate surface area is 114 Å². The Morgan fingerprint density at radius 1 is 1.32 bits per heavy atom. The van der Waals surface area contributed by atoms with Crippen LogP contribution in [0.5, 0.6) is 0 Å². The molecule has 2 amide bonds. The number of hydrogen-bond acceptors (Lipinski definition) is 4. The molecule has 0 saturated heterocycles. The van der Waals surface area contributed by atoms with Crippen molar-refractivity contribution in [3.8, 4) is 0 Å². The zero-order chi connectivity index (χ0) is 13.8. The summed E-state index contributed by atoms with van der Waals surface area (Å²) in [6.07, 6.45) is 5.22. The Hall–Kier alpha value is -2.02. The van der Waals surface area contributed by atoms with Gasteiger partial charge in [-0.15, -0.1) is 0 Å². The number of thioether (sulfide) groups is 1. The van der Waals surface area contributed by atoms with Crippen molar-refractivity contribution in [2.75, 3.05) is 5.75 Å². The number of amides is 2. The van der Waals surface area contributed by atoms with Crippen LogP contribution in [0, 0.1) is 0 Å². The first-order valence-electron chi connectivity index (χ1n) is 5.63. The number of hydrogen-bond donors (Lipinski definition) is 1. The Morgan fingerprint density at radius 3 is 2.68 bits per heavy atom. The molecule has 100 valence electrons. The van der Waals surface area contributed by atoms with E-state index in [1.165, 1.54) is 11.8 Å². The minimum Gasteiger partial charge on any atom is -0.347 e. The van der Waals surface area contributed by atoms with Crippen molar-refractivity contribution in [2.24, 2.45) is 14.1 Å². The maximum atomic E-state index is 11.8. The minimum atomic E-state index is -0.391. The predicted octanol–water partition coefficient (Wildman–Crippen LogP) is 0.807. The van der Waals surface area contributed by atoms with Gasteiger partial charge in [0.2, 0.25) is 5.91 Å². The molecule has 0 fully saturated rings. The molecule has 0 spiro atoms. The molecule has 7 heteroatoms. The fourth-order valence-corrected chi connectivity index (χ4v) is 2.28. The Bertz CT molecular complexity index is 602. The second kappa shape index (κ2) is 5.75. The van der Waals surface area contributed by atoms with Crippen molar-refractivity contribution in [1.29, 1.82) is 0 Å².